The van der Waals surface area contributed by atoms with Crippen molar-refractivity contribution in [1.82, 2.24) is 4.98 Å². The highest BCUT2D eigenvalue weighted by Crippen LogP contribution is 2.11. The van der Waals surface area contributed by atoms with Crippen LogP contribution in [0.5, 0.6) is 0 Å². The van der Waals surface area contributed by atoms with E-state index in [0.717, 1.165) is 0 Å². The summed E-state index contributed by atoms with van der Waals surface area (Å²) >= 11 is 5.70. The maximum absolute atomic E-state index is 5.70. The first-order chi connectivity index (χ1) is 6.24. The molecule has 4 heteroatoms. The molecule has 1 aromatic heterocycles. The Kier molecular flexibility index (Phi) is 3.30. The molecule has 0 atom stereocenters. The predicted octanol–water partition coefficient (Wildman–Crippen LogP) is 1.79. The molecule has 1 rings (SSSR count). The van der Waals surface area contributed by atoms with E-state index < -0.39 is 0 Å². The lowest BCUT2D eigenvalue weighted by Crippen LogP contribution is -2.15. The van der Waals surface area contributed by atoms with E-state index in [4.69, 9.17) is 18.0 Å². The molecule has 0 bridgehead atoms. The van der Waals surface area contributed by atoms with Crippen LogP contribution in [0.25, 0.3) is 0 Å². The highest BCUT2D eigenvalue weighted by Gasteiger charge is 1.98. The molecule has 0 spiro atoms. The largest absolute Gasteiger partial charge is 0.320 e. The first kappa shape index (κ1) is 9.56. The van der Waals surface area contributed by atoms with E-state index in [9.17, 15) is 0 Å². The zero-order valence-electron chi connectivity index (χ0n) is 7.11. The van der Waals surface area contributed by atoms with Gasteiger partial charge in [-0.15, -0.1) is 0 Å². The van der Waals surface area contributed by atoms with E-state index in [-0.39, 0.29) is 0 Å². The monoisotopic (exact) mass is 193 g/mol. The lowest BCUT2D eigenvalue weighted by Gasteiger charge is -2.10. The Bertz CT molecular complexity index is 354. The van der Waals surface area contributed by atoms with E-state index in [1.807, 2.05) is 12.1 Å². The molecule has 0 aliphatic carbocycles. The van der Waals surface area contributed by atoms with Gasteiger partial charge in [0, 0.05) is 13.1 Å². The molecule has 0 saturated heterocycles. The zero-order chi connectivity index (χ0) is 9.68. The summed E-state index contributed by atoms with van der Waals surface area (Å²) in [6.45, 7) is 0. The van der Waals surface area contributed by atoms with Crippen molar-refractivity contribution >= 4 is 23.8 Å². The van der Waals surface area contributed by atoms with Gasteiger partial charge in [-0.3, -0.25) is 0 Å². The molecular weight excluding hydrogens is 186 g/mol. The number of hydrogen-bond donors (Lipinski definition) is 0. The molecular formula is C9H8ClN3. The fourth-order valence-electron chi connectivity index (χ4n) is 0.773. The summed E-state index contributed by atoms with van der Waals surface area (Å²) < 4.78 is 0. The molecule has 0 unspecified atom stereocenters. The third-order valence-corrected chi connectivity index (χ3v) is 1.58. The van der Waals surface area contributed by atoms with Crippen LogP contribution in [0.2, 0.25) is 5.15 Å². The number of rotatable bonds is 2. The molecule has 0 N–H and O–H groups in total. The number of halogens is 1. The third-order valence-electron chi connectivity index (χ3n) is 1.37. The van der Waals surface area contributed by atoms with Gasteiger partial charge in [-0.05, 0) is 12.1 Å². The number of aromatic nitrogens is 1. The summed E-state index contributed by atoms with van der Waals surface area (Å²) in [5, 5.41) is 0.443. The SMILES string of the molecule is C#CN=CN(C)c1cccc(Cl)n1. The molecule has 0 fully saturated rings. The van der Waals surface area contributed by atoms with Gasteiger partial charge >= 0.3 is 0 Å². The third kappa shape index (κ3) is 2.77. The highest BCUT2D eigenvalue weighted by molar-refractivity contribution is 6.29. The Morgan fingerprint density at radius 1 is 1.69 bits per heavy atom. The lowest BCUT2D eigenvalue weighted by atomic mass is 10.4. The van der Waals surface area contributed by atoms with Crippen LogP contribution >= 0.6 is 11.6 Å². The van der Waals surface area contributed by atoms with Gasteiger partial charge in [-0.2, -0.15) is 4.99 Å². The molecule has 0 saturated carbocycles. The second-order valence-corrected chi connectivity index (χ2v) is 2.69. The summed E-state index contributed by atoms with van der Waals surface area (Å²) in [4.78, 5) is 9.37. The average Bonchev–Trinajstić information content (AvgIpc) is 2.14. The Hall–Kier alpha value is -1.53. The van der Waals surface area contributed by atoms with Crippen LogP contribution in [-0.2, 0) is 0 Å². The summed E-state index contributed by atoms with van der Waals surface area (Å²) in [5.41, 5.74) is 0. The van der Waals surface area contributed by atoms with Crippen LogP contribution in [0.3, 0.4) is 0 Å². The highest BCUT2D eigenvalue weighted by atomic mass is 35.5. The van der Waals surface area contributed by atoms with Gasteiger partial charge in [-0.1, -0.05) is 24.1 Å². The van der Waals surface area contributed by atoms with Crippen molar-refractivity contribution in [2.24, 2.45) is 4.99 Å². The van der Waals surface area contributed by atoms with Gasteiger partial charge in [0.05, 0.1) is 0 Å². The van der Waals surface area contributed by atoms with E-state index in [1.54, 1.807) is 18.0 Å². The van der Waals surface area contributed by atoms with Gasteiger partial charge in [0.15, 0.2) is 0 Å². The number of terminal acetylenes is 1. The topological polar surface area (TPSA) is 28.5 Å². The zero-order valence-corrected chi connectivity index (χ0v) is 7.86. The molecule has 0 aliphatic rings. The summed E-state index contributed by atoms with van der Waals surface area (Å²) in [6.07, 6.45) is 6.46. The van der Waals surface area contributed by atoms with Crippen molar-refractivity contribution in [3.63, 3.8) is 0 Å². The maximum atomic E-state index is 5.70. The maximum Gasteiger partial charge on any atom is 0.135 e. The Morgan fingerprint density at radius 3 is 3.08 bits per heavy atom. The Balaban J connectivity index is 2.84. The number of anilines is 1. The van der Waals surface area contributed by atoms with Gasteiger partial charge in [0.25, 0.3) is 0 Å². The predicted molar refractivity (Wildman–Crippen MR) is 55.0 cm³/mol. The quantitative estimate of drug-likeness (QED) is 0.310. The second kappa shape index (κ2) is 4.48. The van der Waals surface area contributed by atoms with Gasteiger partial charge in [-0.25, -0.2) is 4.98 Å². The molecule has 0 amide bonds. The van der Waals surface area contributed by atoms with Crippen molar-refractivity contribution in [2.45, 2.75) is 0 Å². The first-order valence-corrected chi connectivity index (χ1v) is 3.96. The minimum Gasteiger partial charge on any atom is -0.320 e. The summed E-state index contributed by atoms with van der Waals surface area (Å²) in [7, 11) is 1.79. The molecule has 66 valence electrons. The van der Waals surface area contributed by atoms with Crippen molar-refractivity contribution < 1.29 is 0 Å². The lowest BCUT2D eigenvalue weighted by molar-refractivity contribution is 1.18. The minimum absolute atomic E-state index is 0.443. The summed E-state index contributed by atoms with van der Waals surface area (Å²) in [6, 6.07) is 7.48. The van der Waals surface area contributed by atoms with Crippen LogP contribution in [0.1, 0.15) is 0 Å². The van der Waals surface area contributed by atoms with E-state index in [2.05, 4.69) is 16.0 Å². The van der Waals surface area contributed by atoms with Crippen molar-refractivity contribution in [3.8, 4) is 12.5 Å². The fraction of sp³-hybridized carbons (Fsp3) is 0.111. The van der Waals surface area contributed by atoms with E-state index >= 15 is 0 Å². The fourth-order valence-corrected chi connectivity index (χ4v) is 0.932. The molecule has 13 heavy (non-hydrogen) atoms. The Morgan fingerprint density at radius 2 is 2.46 bits per heavy atom. The van der Waals surface area contributed by atoms with E-state index in [1.165, 1.54) is 6.34 Å². The minimum atomic E-state index is 0.443. The van der Waals surface area contributed by atoms with Crippen molar-refractivity contribution in [2.75, 3.05) is 11.9 Å². The smallest absolute Gasteiger partial charge is 0.135 e. The van der Waals surface area contributed by atoms with Crippen molar-refractivity contribution in [1.29, 1.82) is 0 Å². The van der Waals surface area contributed by atoms with Gasteiger partial charge < -0.3 is 4.90 Å². The van der Waals surface area contributed by atoms with Gasteiger partial charge in [0.2, 0.25) is 0 Å². The number of hydrogen-bond acceptors (Lipinski definition) is 2. The number of pyridine rings is 1. The molecule has 0 aromatic carbocycles. The average molecular weight is 194 g/mol. The number of nitrogens with zero attached hydrogens (tertiary/aromatic N) is 3. The van der Waals surface area contributed by atoms with Crippen LogP contribution in [0.4, 0.5) is 5.82 Å². The van der Waals surface area contributed by atoms with Crippen LogP contribution in [0.15, 0.2) is 23.2 Å². The normalized spacial score (nSPS) is 9.92. The van der Waals surface area contributed by atoms with Crippen LogP contribution in [0, 0.1) is 12.5 Å². The van der Waals surface area contributed by atoms with E-state index in [0.29, 0.717) is 11.0 Å². The molecule has 3 nitrogen and oxygen atoms in total. The molecule has 0 aliphatic heterocycles. The van der Waals surface area contributed by atoms with Crippen molar-refractivity contribution in [3.05, 3.63) is 23.4 Å². The molecule has 1 heterocycles. The molecule has 1 aromatic rings. The van der Waals surface area contributed by atoms with Crippen LogP contribution in [-0.4, -0.2) is 18.4 Å². The standard InChI is InChI=1S/C9H8ClN3/c1-3-11-7-13(2)9-6-4-5-8(10)12-9/h1,4-7H,2H3. The molecule has 0 radical (unpaired) electrons. The first-order valence-electron chi connectivity index (χ1n) is 3.58. The van der Waals surface area contributed by atoms with Gasteiger partial charge in [0.1, 0.15) is 17.3 Å². The number of aliphatic imine (C=N–C) groups is 1. The second-order valence-electron chi connectivity index (χ2n) is 2.30. The van der Waals surface area contributed by atoms with Crippen LogP contribution < -0.4 is 4.90 Å². The summed E-state index contributed by atoms with van der Waals surface area (Å²) in [5.74, 6) is 0.700. The Labute approximate surface area is 82.1 Å².